The van der Waals surface area contributed by atoms with Crippen molar-refractivity contribution < 1.29 is 13.2 Å². The molecule has 6 nitrogen and oxygen atoms in total. The van der Waals surface area contributed by atoms with Crippen molar-refractivity contribution in [2.45, 2.75) is 19.4 Å². The number of carbonyl (C=O) groups is 1. The number of nitrogens with one attached hydrogen (secondary N) is 1. The lowest BCUT2D eigenvalue weighted by molar-refractivity contribution is -0.114. The molecule has 1 unspecified atom stereocenters. The molecule has 0 aliphatic carbocycles. The van der Waals surface area contributed by atoms with Gasteiger partial charge in [-0.05, 0) is 36.2 Å². The second kappa shape index (κ2) is 7.70. The summed E-state index contributed by atoms with van der Waals surface area (Å²) in [7, 11) is -3.00. The molecular weight excluding hydrogens is 350 g/mol. The SMILES string of the molecule is CC(=O)Nc1ccc(/C=N/N(c2ccccc2)C2CCS(=O)(=O)C2)cc1. The maximum absolute atomic E-state index is 11.9. The average molecular weight is 371 g/mol. The van der Waals surface area contributed by atoms with E-state index in [0.717, 1.165) is 16.9 Å². The van der Waals surface area contributed by atoms with Crippen molar-refractivity contribution in [1.82, 2.24) is 0 Å². The number of rotatable bonds is 5. The Morgan fingerprint density at radius 3 is 2.42 bits per heavy atom. The highest BCUT2D eigenvalue weighted by Gasteiger charge is 2.32. The van der Waals surface area contributed by atoms with E-state index in [4.69, 9.17) is 0 Å². The van der Waals surface area contributed by atoms with Gasteiger partial charge in [-0.25, -0.2) is 8.42 Å². The Morgan fingerprint density at radius 2 is 1.85 bits per heavy atom. The summed E-state index contributed by atoms with van der Waals surface area (Å²) in [5, 5.41) is 9.06. The third-order valence-corrected chi connectivity index (χ3v) is 5.89. The lowest BCUT2D eigenvalue weighted by Crippen LogP contribution is -2.31. The van der Waals surface area contributed by atoms with Gasteiger partial charge in [-0.2, -0.15) is 5.10 Å². The van der Waals surface area contributed by atoms with Crippen LogP contribution in [0, 0.1) is 0 Å². The zero-order valence-electron chi connectivity index (χ0n) is 14.5. The van der Waals surface area contributed by atoms with Crippen molar-refractivity contribution in [3.05, 3.63) is 60.2 Å². The molecule has 1 saturated heterocycles. The highest BCUT2D eigenvalue weighted by Crippen LogP contribution is 2.24. The molecule has 26 heavy (non-hydrogen) atoms. The van der Waals surface area contributed by atoms with Gasteiger partial charge in [0, 0.05) is 12.6 Å². The van der Waals surface area contributed by atoms with Crippen LogP contribution in [0.3, 0.4) is 0 Å². The number of anilines is 2. The second-order valence-electron chi connectivity index (χ2n) is 6.28. The molecule has 1 heterocycles. The van der Waals surface area contributed by atoms with Gasteiger partial charge in [0.1, 0.15) is 0 Å². The molecule has 0 bridgehead atoms. The fraction of sp³-hybridized carbons (Fsp3) is 0.263. The first kappa shape index (κ1) is 18.1. The van der Waals surface area contributed by atoms with E-state index in [9.17, 15) is 13.2 Å². The third kappa shape index (κ3) is 4.70. The van der Waals surface area contributed by atoms with Crippen LogP contribution in [0.5, 0.6) is 0 Å². The van der Waals surface area contributed by atoms with Crippen LogP contribution in [-0.4, -0.2) is 38.1 Å². The Morgan fingerprint density at radius 1 is 1.15 bits per heavy atom. The molecule has 0 spiro atoms. The molecule has 0 radical (unpaired) electrons. The molecule has 0 saturated carbocycles. The summed E-state index contributed by atoms with van der Waals surface area (Å²) in [5.74, 6) is 0.187. The monoisotopic (exact) mass is 371 g/mol. The largest absolute Gasteiger partial charge is 0.326 e. The molecule has 1 atom stereocenters. The molecule has 0 aromatic heterocycles. The molecule has 1 aliphatic heterocycles. The molecule has 3 rings (SSSR count). The van der Waals surface area contributed by atoms with E-state index < -0.39 is 9.84 Å². The summed E-state index contributed by atoms with van der Waals surface area (Å²) in [6.45, 7) is 1.46. The number of benzene rings is 2. The van der Waals surface area contributed by atoms with Crippen molar-refractivity contribution in [2.24, 2.45) is 5.10 Å². The summed E-state index contributed by atoms with van der Waals surface area (Å²) in [5.41, 5.74) is 2.44. The Kier molecular flexibility index (Phi) is 5.37. The Hall–Kier alpha value is -2.67. The zero-order chi connectivity index (χ0) is 18.6. The van der Waals surface area contributed by atoms with Crippen molar-refractivity contribution in [3.8, 4) is 0 Å². The number of nitrogens with zero attached hydrogens (tertiary/aromatic N) is 2. The minimum absolute atomic E-state index is 0.112. The molecule has 1 fully saturated rings. The van der Waals surface area contributed by atoms with Gasteiger partial charge in [-0.3, -0.25) is 9.80 Å². The van der Waals surface area contributed by atoms with E-state index >= 15 is 0 Å². The van der Waals surface area contributed by atoms with Crippen LogP contribution in [0.2, 0.25) is 0 Å². The summed E-state index contributed by atoms with van der Waals surface area (Å²) >= 11 is 0. The first-order chi connectivity index (χ1) is 12.4. The Labute approximate surface area is 153 Å². The van der Waals surface area contributed by atoms with Crippen LogP contribution in [0.1, 0.15) is 18.9 Å². The zero-order valence-corrected chi connectivity index (χ0v) is 15.3. The lowest BCUT2D eigenvalue weighted by Gasteiger charge is -2.25. The fourth-order valence-corrected chi connectivity index (χ4v) is 4.60. The highest BCUT2D eigenvalue weighted by molar-refractivity contribution is 7.91. The Bertz CT molecular complexity index is 893. The predicted octanol–water partition coefficient (Wildman–Crippen LogP) is 2.67. The summed E-state index contributed by atoms with van der Waals surface area (Å²) in [6, 6.07) is 16.7. The smallest absolute Gasteiger partial charge is 0.221 e. The quantitative estimate of drug-likeness (QED) is 0.647. The van der Waals surface area contributed by atoms with Crippen molar-refractivity contribution in [1.29, 1.82) is 0 Å². The van der Waals surface area contributed by atoms with Gasteiger partial charge in [-0.1, -0.05) is 30.3 Å². The minimum Gasteiger partial charge on any atom is -0.326 e. The van der Waals surface area contributed by atoms with Crippen LogP contribution in [0.4, 0.5) is 11.4 Å². The average Bonchev–Trinajstić information content (AvgIpc) is 2.97. The van der Waals surface area contributed by atoms with E-state index in [-0.39, 0.29) is 23.5 Å². The fourth-order valence-electron chi connectivity index (χ4n) is 2.91. The summed E-state index contributed by atoms with van der Waals surface area (Å²) in [4.78, 5) is 11.1. The van der Waals surface area contributed by atoms with E-state index in [1.165, 1.54) is 6.92 Å². The maximum atomic E-state index is 11.9. The van der Waals surface area contributed by atoms with Gasteiger partial charge in [0.15, 0.2) is 9.84 Å². The van der Waals surface area contributed by atoms with Crippen LogP contribution in [-0.2, 0) is 14.6 Å². The molecular formula is C19H21N3O3S. The van der Waals surface area contributed by atoms with Gasteiger partial charge < -0.3 is 5.32 Å². The molecule has 1 aliphatic rings. The lowest BCUT2D eigenvalue weighted by atomic mass is 10.2. The van der Waals surface area contributed by atoms with E-state index in [1.807, 2.05) is 42.5 Å². The third-order valence-electron chi connectivity index (χ3n) is 4.14. The maximum Gasteiger partial charge on any atom is 0.221 e. The van der Waals surface area contributed by atoms with E-state index in [1.54, 1.807) is 23.4 Å². The predicted molar refractivity (Wildman–Crippen MR) is 104 cm³/mol. The molecule has 1 N–H and O–H groups in total. The summed E-state index contributed by atoms with van der Waals surface area (Å²) < 4.78 is 23.7. The van der Waals surface area contributed by atoms with E-state index in [0.29, 0.717) is 6.42 Å². The second-order valence-corrected chi connectivity index (χ2v) is 8.51. The molecule has 136 valence electrons. The number of hydrogen-bond acceptors (Lipinski definition) is 5. The highest BCUT2D eigenvalue weighted by atomic mass is 32.2. The van der Waals surface area contributed by atoms with Gasteiger partial charge in [-0.15, -0.1) is 0 Å². The van der Waals surface area contributed by atoms with Gasteiger partial charge in [0.25, 0.3) is 0 Å². The normalized spacial score (nSPS) is 18.7. The van der Waals surface area contributed by atoms with Gasteiger partial charge in [0.05, 0.1) is 29.4 Å². The molecule has 2 aromatic rings. The number of sulfone groups is 1. The number of para-hydroxylation sites is 1. The first-order valence-corrected chi connectivity index (χ1v) is 10.2. The number of amides is 1. The molecule has 7 heteroatoms. The van der Waals surface area contributed by atoms with Crippen molar-refractivity contribution >= 4 is 33.3 Å². The minimum atomic E-state index is -3.00. The first-order valence-electron chi connectivity index (χ1n) is 8.39. The Balaban J connectivity index is 1.81. The van der Waals surface area contributed by atoms with Gasteiger partial charge in [0.2, 0.25) is 5.91 Å². The van der Waals surface area contributed by atoms with Crippen molar-refractivity contribution in [2.75, 3.05) is 21.8 Å². The van der Waals surface area contributed by atoms with Gasteiger partial charge >= 0.3 is 0 Å². The topological polar surface area (TPSA) is 78.8 Å². The molecule has 1 amide bonds. The number of hydrogen-bond donors (Lipinski definition) is 1. The van der Waals surface area contributed by atoms with Crippen LogP contribution in [0.25, 0.3) is 0 Å². The van der Waals surface area contributed by atoms with Crippen molar-refractivity contribution in [3.63, 3.8) is 0 Å². The van der Waals surface area contributed by atoms with E-state index in [2.05, 4.69) is 10.4 Å². The number of hydrazone groups is 1. The van der Waals surface area contributed by atoms with Crippen LogP contribution < -0.4 is 10.3 Å². The summed E-state index contributed by atoms with van der Waals surface area (Å²) in [6.07, 6.45) is 2.27. The van der Waals surface area contributed by atoms with Crippen LogP contribution in [0.15, 0.2) is 59.7 Å². The molecule has 2 aromatic carbocycles. The number of carbonyl (C=O) groups excluding carboxylic acids is 1. The van der Waals surface area contributed by atoms with Crippen LogP contribution >= 0.6 is 0 Å². The standard InChI is InChI=1S/C19H21N3O3S/c1-15(23)21-17-9-7-16(8-10-17)13-20-22(18-5-3-2-4-6-18)19-11-12-26(24,25)14-19/h2-10,13,19H,11-12,14H2,1H3,(H,21,23)/b20-13+.